The normalized spacial score (nSPS) is 10.5. The van der Waals surface area contributed by atoms with E-state index >= 15 is 0 Å². The largest absolute Gasteiger partial charge is 0.481 e. The fourth-order valence-electron chi connectivity index (χ4n) is 2.25. The average molecular weight is 375 g/mol. The number of methoxy groups -OCH3 is 1. The SMILES string of the molecule is COc1cc(OCc2cc(F)c(Oc3cncc(C)c3)c(F)c2)[nH]c(=O)n1. The average Bonchev–Trinajstić information content (AvgIpc) is 2.62. The molecule has 0 aliphatic rings. The molecule has 0 saturated carbocycles. The Kier molecular flexibility index (Phi) is 5.30. The number of hydrogen-bond acceptors (Lipinski definition) is 6. The van der Waals surface area contributed by atoms with Gasteiger partial charge in [0, 0.05) is 6.20 Å². The van der Waals surface area contributed by atoms with Gasteiger partial charge in [-0.1, -0.05) is 0 Å². The van der Waals surface area contributed by atoms with E-state index in [-0.39, 0.29) is 29.7 Å². The number of aromatic amines is 1. The molecule has 0 spiro atoms. The first-order valence-corrected chi connectivity index (χ1v) is 7.80. The Morgan fingerprint density at radius 3 is 2.52 bits per heavy atom. The van der Waals surface area contributed by atoms with Gasteiger partial charge in [-0.05, 0) is 36.2 Å². The van der Waals surface area contributed by atoms with Crippen LogP contribution >= 0.6 is 0 Å². The summed E-state index contributed by atoms with van der Waals surface area (Å²) in [5.41, 5.74) is 0.327. The number of pyridine rings is 1. The topological polar surface area (TPSA) is 86.3 Å². The zero-order chi connectivity index (χ0) is 19.4. The van der Waals surface area contributed by atoms with E-state index in [2.05, 4.69) is 15.0 Å². The van der Waals surface area contributed by atoms with Crippen molar-refractivity contribution in [2.75, 3.05) is 7.11 Å². The van der Waals surface area contributed by atoms with E-state index in [1.165, 1.54) is 19.4 Å². The maximum absolute atomic E-state index is 14.3. The van der Waals surface area contributed by atoms with Gasteiger partial charge < -0.3 is 14.2 Å². The van der Waals surface area contributed by atoms with Gasteiger partial charge >= 0.3 is 5.69 Å². The van der Waals surface area contributed by atoms with Crippen molar-refractivity contribution in [3.8, 4) is 23.3 Å². The van der Waals surface area contributed by atoms with E-state index in [4.69, 9.17) is 14.2 Å². The van der Waals surface area contributed by atoms with Gasteiger partial charge in [-0.25, -0.2) is 13.6 Å². The highest BCUT2D eigenvalue weighted by Crippen LogP contribution is 2.29. The predicted octanol–water partition coefficient (Wildman–Crippen LogP) is 3.13. The number of nitrogens with one attached hydrogen (secondary N) is 1. The molecule has 3 aromatic rings. The van der Waals surface area contributed by atoms with Crippen molar-refractivity contribution in [2.45, 2.75) is 13.5 Å². The van der Waals surface area contributed by atoms with Crippen LogP contribution in [0, 0.1) is 18.6 Å². The van der Waals surface area contributed by atoms with Crippen LogP contribution in [0.3, 0.4) is 0 Å². The number of ether oxygens (including phenoxy) is 3. The van der Waals surface area contributed by atoms with Crippen molar-refractivity contribution >= 4 is 0 Å². The number of nitrogens with zero attached hydrogens (tertiary/aromatic N) is 2. The molecule has 9 heteroatoms. The summed E-state index contributed by atoms with van der Waals surface area (Å²) in [6.45, 7) is 1.59. The van der Waals surface area contributed by atoms with Gasteiger partial charge in [0.25, 0.3) is 0 Å². The van der Waals surface area contributed by atoms with Gasteiger partial charge in [0.15, 0.2) is 17.4 Å². The molecule has 0 aliphatic heterocycles. The Labute approximate surface area is 152 Å². The van der Waals surface area contributed by atoms with Crippen LogP contribution in [0.25, 0.3) is 0 Å². The molecule has 0 fully saturated rings. The number of hydrogen-bond donors (Lipinski definition) is 1. The molecule has 1 aromatic carbocycles. The third-order valence-corrected chi connectivity index (χ3v) is 3.43. The highest BCUT2D eigenvalue weighted by Gasteiger charge is 2.15. The predicted molar refractivity (Wildman–Crippen MR) is 91.1 cm³/mol. The second kappa shape index (κ2) is 7.81. The summed E-state index contributed by atoms with van der Waals surface area (Å²) >= 11 is 0. The maximum Gasteiger partial charge on any atom is 0.351 e. The Morgan fingerprint density at radius 1 is 1.11 bits per heavy atom. The van der Waals surface area contributed by atoms with Gasteiger partial charge in [0.1, 0.15) is 12.4 Å². The lowest BCUT2D eigenvalue weighted by Gasteiger charge is -2.11. The fourth-order valence-corrected chi connectivity index (χ4v) is 2.25. The molecule has 0 saturated heterocycles. The van der Waals surface area contributed by atoms with Crippen LogP contribution in [0.5, 0.6) is 23.3 Å². The lowest BCUT2D eigenvalue weighted by Crippen LogP contribution is -2.12. The van der Waals surface area contributed by atoms with Crippen LogP contribution < -0.4 is 19.9 Å². The van der Waals surface area contributed by atoms with E-state index in [1.54, 1.807) is 19.2 Å². The van der Waals surface area contributed by atoms with Crippen molar-refractivity contribution in [3.63, 3.8) is 0 Å². The van der Waals surface area contributed by atoms with E-state index in [0.717, 1.165) is 17.7 Å². The van der Waals surface area contributed by atoms with Crippen LogP contribution in [0.2, 0.25) is 0 Å². The third-order valence-electron chi connectivity index (χ3n) is 3.43. The minimum atomic E-state index is -0.893. The molecular weight excluding hydrogens is 360 g/mol. The molecule has 0 amide bonds. The quantitative estimate of drug-likeness (QED) is 0.712. The smallest absolute Gasteiger partial charge is 0.351 e. The summed E-state index contributed by atoms with van der Waals surface area (Å²) in [7, 11) is 1.35. The third kappa shape index (κ3) is 4.57. The Morgan fingerprint density at radius 2 is 1.85 bits per heavy atom. The van der Waals surface area contributed by atoms with Crippen LogP contribution in [-0.4, -0.2) is 22.1 Å². The first-order chi connectivity index (χ1) is 12.9. The second-order valence-electron chi connectivity index (χ2n) is 5.57. The molecule has 2 aromatic heterocycles. The second-order valence-corrected chi connectivity index (χ2v) is 5.57. The molecule has 7 nitrogen and oxygen atoms in total. The summed E-state index contributed by atoms with van der Waals surface area (Å²) < 4.78 is 44.0. The lowest BCUT2D eigenvalue weighted by atomic mass is 10.2. The Hall–Kier alpha value is -3.49. The minimum absolute atomic E-state index is 0.0545. The molecule has 27 heavy (non-hydrogen) atoms. The first-order valence-electron chi connectivity index (χ1n) is 7.80. The highest BCUT2D eigenvalue weighted by atomic mass is 19.1. The van der Waals surface area contributed by atoms with Crippen LogP contribution in [0.1, 0.15) is 11.1 Å². The van der Waals surface area contributed by atoms with E-state index in [1.807, 2.05) is 0 Å². The molecule has 0 atom stereocenters. The van der Waals surface area contributed by atoms with Gasteiger partial charge in [-0.15, -0.1) is 0 Å². The molecule has 0 unspecified atom stereocenters. The summed E-state index contributed by atoms with van der Waals surface area (Å²) in [5, 5.41) is 0. The van der Waals surface area contributed by atoms with Crippen molar-refractivity contribution < 1.29 is 23.0 Å². The molecule has 0 radical (unpaired) electrons. The van der Waals surface area contributed by atoms with Crippen LogP contribution in [-0.2, 0) is 6.61 Å². The van der Waals surface area contributed by atoms with Gasteiger partial charge in [0.2, 0.25) is 11.8 Å². The Bertz CT molecular complexity index is 1000. The maximum atomic E-state index is 14.3. The number of rotatable bonds is 6. The molecule has 0 aliphatic carbocycles. The van der Waals surface area contributed by atoms with Crippen LogP contribution in [0.15, 0.2) is 41.5 Å². The molecule has 1 N–H and O–H groups in total. The van der Waals surface area contributed by atoms with Crippen molar-refractivity contribution in [1.82, 2.24) is 15.0 Å². The Balaban J connectivity index is 1.76. The highest BCUT2D eigenvalue weighted by molar-refractivity contribution is 5.36. The van der Waals surface area contributed by atoms with E-state index in [0.29, 0.717) is 0 Å². The van der Waals surface area contributed by atoms with Gasteiger partial charge in [-0.3, -0.25) is 9.97 Å². The zero-order valence-electron chi connectivity index (χ0n) is 14.5. The monoisotopic (exact) mass is 375 g/mol. The number of halogens is 2. The standard InChI is InChI=1S/C18H15F2N3O4/c1-10-3-12(8-21-7-10)27-17-13(19)4-11(5-14(17)20)9-26-16-6-15(25-2)22-18(24)23-16/h3-8H,9H2,1-2H3,(H,22,23,24). The first kappa shape index (κ1) is 18.3. The number of aryl methyl sites for hydroxylation is 1. The summed E-state index contributed by atoms with van der Waals surface area (Å²) in [4.78, 5) is 21.2. The molecule has 0 bridgehead atoms. The molecule has 2 heterocycles. The summed E-state index contributed by atoms with van der Waals surface area (Å²) in [6.07, 6.45) is 2.95. The number of aromatic nitrogens is 3. The number of H-pyrrole nitrogens is 1. The van der Waals surface area contributed by atoms with Gasteiger partial charge in [-0.2, -0.15) is 4.98 Å². The van der Waals surface area contributed by atoms with E-state index < -0.39 is 23.1 Å². The summed E-state index contributed by atoms with van der Waals surface area (Å²) in [5.74, 6) is -1.99. The summed E-state index contributed by atoms with van der Waals surface area (Å²) in [6, 6.07) is 5.11. The molecule has 3 rings (SSSR count). The number of benzene rings is 1. The molecular formula is C18H15F2N3O4. The van der Waals surface area contributed by atoms with E-state index in [9.17, 15) is 13.6 Å². The fraction of sp³-hybridized carbons (Fsp3) is 0.167. The zero-order valence-corrected chi connectivity index (χ0v) is 14.5. The lowest BCUT2D eigenvalue weighted by molar-refractivity contribution is 0.286. The molecule has 140 valence electrons. The van der Waals surface area contributed by atoms with Gasteiger partial charge in [0.05, 0.1) is 19.4 Å². The van der Waals surface area contributed by atoms with Crippen LogP contribution in [0.4, 0.5) is 8.78 Å². The minimum Gasteiger partial charge on any atom is -0.481 e. The van der Waals surface area contributed by atoms with Crippen molar-refractivity contribution in [3.05, 3.63) is 69.9 Å². The van der Waals surface area contributed by atoms with Crippen molar-refractivity contribution in [1.29, 1.82) is 0 Å². The van der Waals surface area contributed by atoms with Crippen molar-refractivity contribution in [2.24, 2.45) is 0 Å².